The van der Waals surface area contributed by atoms with Crippen LogP contribution in [0.25, 0.3) is 11.4 Å². The van der Waals surface area contributed by atoms with E-state index in [-0.39, 0.29) is 52.3 Å². The van der Waals surface area contributed by atoms with Crippen LogP contribution < -0.4 is 10.9 Å². The first kappa shape index (κ1) is 33.7. The van der Waals surface area contributed by atoms with Gasteiger partial charge >= 0.3 is 6.18 Å². The standard InChI is InChI=1S/C33H32ClF3N8O5/c1-17-26(46)25(39-16-38-17)30(49)43-11-9-32(10-12-43)8-5-23-24(32)29(48)45-31(41-27(42-45)19-6-13-50-14-7-19)44(23)18(2)28(47)40-22-4-3-20(15-21(22)34)33(35,36)37/h3-4,6,15-16,18,46H,5,7-14H2,1-2H3,(H,40,47). The Balaban J connectivity index is 1.26. The molecule has 1 unspecified atom stereocenters. The number of carbonyl (C=O) groups excluding carboxylic acids is 2. The number of piperidine rings is 1. The lowest BCUT2D eigenvalue weighted by molar-refractivity contribution is -0.137. The van der Waals surface area contributed by atoms with Crippen LogP contribution in [0.4, 0.5) is 18.9 Å². The minimum atomic E-state index is -4.61. The lowest BCUT2D eigenvalue weighted by atomic mass is 9.74. The Morgan fingerprint density at radius 2 is 1.90 bits per heavy atom. The smallest absolute Gasteiger partial charge is 0.416 e. The van der Waals surface area contributed by atoms with Gasteiger partial charge in [-0.25, -0.2) is 9.97 Å². The van der Waals surface area contributed by atoms with Crippen LogP contribution in [0.15, 0.2) is 35.4 Å². The van der Waals surface area contributed by atoms with Gasteiger partial charge in [0, 0.05) is 29.8 Å². The fourth-order valence-electron chi connectivity index (χ4n) is 7.16. The molecule has 2 N–H and O–H groups in total. The zero-order chi connectivity index (χ0) is 35.5. The molecule has 0 bridgehead atoms. The van der Waals surface area contributed by atoms with E-state index in [2.05, 4.69) is 20.4 Å². The molecule has 3 aromatic heterocycles. The molecule has 1 aromatic carbocycles. The lowest BCUT2D eigenvalue weighted by Crippen LogP contribution is -2.47. The summed E-state index contributed by atoms with van der Waals surface area (Å²) < 4.78 is 48.0. The number of ether oxygens (including phenoxy) is 1. The van der Waals surface area contributed by atoms with Crippen LogP contribution >= 0.6 is 11.6 Å². The monoisotopic (exact) mass is 712 g/mol. The first-order valence-electron chi connectivity index (χ1n) is 16.1. The topological polar surface area (TPSA) is 157 Å². The van der Waals surface area contributed by atoms with Crippen LogP contribution in [0.3, 0.4) is 0 Å². The van der Waals surface area contributed by atoms with Crippen molar-refractivity contribution in [1.29, 1.82) is 0 Å². The molecule has 3 aliphatic rings. The Kier molecular flexibility index (Phi) is 8.41. The Morgan fingerprint density at radius 1 is 1.14 bits per heavy atom. The van der Waals surface area contributed by atoms with Crippen LogP contribution in [0.2, 0.25) is 5.02 Å². The summed E-state index contributed by atoms with van der Waals surface area (Å²) in [6, 6.07) is 1.69. The predicted molar refractivity (Wildman–Crippen MR) is 174 cm³/mol. The fraction of sp³-hybridized carbons (Fsp3) is 0.424. The van der Waals surface area contributed by atoms with E-state index in [0.29, 0.717) is 62.4 Å². The summed E-state index contributed by atoms with van der Waals surface area (Å²) in [4.78, 5) is 55.7. The molecule has 1 spiro atoms. The van der Waals surface area contributed by atoms with Crippen LogP contribution in [0.1, 0.15) is 77.5 Å². The second-order valence-electron chi connectivity index (χ2n) is 12.8. The number of hydrogen-bond acceptors (Lipinski definition) is 9. The molecule has 50 heavy (non-hydrogen) atoms. The average Bonchev–Trinajstić information content (AvgIpc) is 3.70. The van der Waals surface area contributed by atoms with E-state index in [9.17, 15) is 32.7 Å². The van der Waals surface area contributed by atoms with Gasteiger partial charge in [0.2, 0.25) is 11.7 Å². The minimum absolute atomic E-state index is 0.00169. The Bertz CT molecular complexity index is 2140. The number of anilines is 1. The van der Waals surface area contributed by atoms with Crippen LogP contribution in [-0.4, -0.2) is 77.3 Å². The lowest BCUT2D eigenvalue weighted by Gasteiger charge is -2.39. The summed E-state index contributed by atoms with van der Waals surface area (Å²) in [5.41, 5.74) is 0.131. The van der Waals surface area contributed by atoms with Gasteiger partial charge < -0.3 is 24.6 Å². The van der Waals surface area contributed by atoms with Gasteiger partial charge in [0.05, 0.1) is 35.2 Å². The van der Waals surface area contributed by atoms with E-state index < -0.39 is 35.0 Å². The summed E-state index contributed by atoms with van der Waals surface area (Å²) in [6.07, 6.45) is 0.851. The summed E-state index contributed by atoms with van der Waals surface area (Å²) in [7, 11) is 0. The molecule has 4 aromatic rings. The zero-order valence-electron chi connectivity index (χ0n) is 27.1. The third-order valence-corrected chi connectivity index (χ3v) is 10.3. The zero-order valence-corrected chi connectivity index (χ0v) is 27.8. The maximum absolute atomic E-state index is 14.4. The normalized spacial score (nSPS) is 17.9. The second kappa shape index (κ2) is 12.5. The van der Waals surface area contributed by atoms with E-state index in [1.54, 1.807) is 23.3 Å². The average molecular weight is 713 g/mol. The number of rotatable bonds is 5. The molecule has 1 fully saturated rings. The number of aromatic nitrogens is 6. The van der Waals surface area contributed by atoms with E-state index >= 15 is 0 Å². The number of carbonyl (C=O) groups is 2. The van der Waals surface area contributed by atoms with E-state index in [4.69, 9.17) is 21.3 Å². The molecule has 7 rings (SSSR count). The van der Waals surface area contributed by atoms with E-state index in [1.807, 2.05) is 6.08 Å². The van der Waals surface area contributed by atoms with Crippen molar-refractivity contribution in [2.45, 2.75) is 63.6 Å². The molecule has 17 heteroatoms. The summed E-state index contributed by atoms with van der Waals surface area (Å²) in [6.45, 7) is 4.59. The van der Waals surface area contributed by atoms with E-state index in [1.165, 1.54) is 10.8 Å². The molecule has 5 heterocycles. The number of amides is 2. The van der Waals surface area contributed by atoms with Crippen molar-refractivity contribution in [2.24, 2.45) is 0 Å². The van der Waals surface area contributed by atoms with Gasteiger partial charge in [-0.2, -0.15) is 22.7 Å². The number of nitrogens with zero attached hydrogens (tertiary/aromatic N) is 7. The van der Waals surface area contributed by atoms with Crippen molar-refractivity contribution < 1.29 is 32.6 Å². The summed E-state index contributed by atoms with van der Waals surface area (Å²) in [5, 5.41) is 17.4. The number of halogens is 4. The number of likely N-dealkylation sites (tertiary alicyclic amines) is 1. The third-order valence-electron chi connectivity index (χ3n) is 9.95. The highest BCUT2D eigenvalue weighted by atomic mass is 35.5. The first-order chi connectivity index (χ1) is 23.8. The number of hydrogen-bond donors (Lipinski definition) is 2. The van der Waals surface area contributed by atoms with Crippen LogP contribution in [0.5, 0.6) is 5.75 Å². The molecule has 1 atom stereocenters. The van der Waals surface area contributed by atoms with Crippen molar-refractivity contribution in [3.63, 3.8) is 0 Å². The van der Waals surface area contributed by atoms with Crippen LogP contribution in [-0.2, 0) is 27.5 Å². The van der Waals surface area contributed by atoms with Gasteiger partial charge in [-0.05, 0) is 69.7 Å². The highest BCUT2D eigenvalue weighted by molar-refractivity contribution is 6.33. The quantitative estimate of drug-likeness (QED) is 0.304. The van der Waals surface area contributed by atoms with Crippen molar-refractivity contribution in [3.05, 3.63) is 80.0 Å². The van der Waals surface area contributed by atoms with Gasteiger partial charge in [0.25, 0.3) is 11.5 Å². The van der Waals surface area contributed by atoms with Crippen LogP contribution in [0, 0.1) is 6.92 Å². The SMILES string of the molecule is Cc1ncnc(C(=O)N2CCC3(CCc4c3c(=O)n3nc(C5=CCOCC5)nc3n4C(C)C(=O)Nc3ccc(C(F)(F)F)cc3Cl)CC2)c1O. The molecular formula is C33H32ClF3N8O5. The first-order valence-corrected chi connectivity index (χ1v) is 16.5. The highest BCUT2D eigenvalue weighted by Crippen LogP contribution is 2.46. The number of nitrogens with one attached hydrogen (secondary N) is 1. The fourth-order valence-corrected chi connectivity index (χ4v) is 7.39. The molecule has 2 amide bonds. The van der Waals surface area contributed by atoms with Gasteiger partial charge in [0.15, 0.2) is 17.3 Å². The summed E-state index contributed by atoms with van der Waals surface area (Å²) in [5.74, 6) is -0.824. The summed E-state index contributed by atoms with van der Waals surface area (Å²) >= 11 is 6.16. The van der Waals surface area contributed by atoms with Gasteiger partial charge in [-0.1, -0.05) is 17.7 Å². The number of benzene rings is 1. The number of aromatic hydroxyl groups is 1. The Labute approximate surface area is 287 Å². The Morgan fingerprint density at radius 3 is 2.58 bits per heavy atom. The molecule has 1 aliphatic carbocycles. The largest absolute Gasteiger partial charge is 0.504 e. The number of aryl methyl sites for hydroxylation is 1. The molecular weight excluding hydrogens is 681 g/mol. The van der Waals surface area contributed by atoms with Gasteiger partial charge in [-0.3, -0.25) is 14.4 Å². The maximum atomic E-state index is 14.4. The van der Waals surface area contributed by atoms with Gasteiger partial charge in [-0.15, -0.1) is 5.10 Å². The molecule has 13 nitrogen and oxygen atoms in total. The molecule has 1 saturated heterocycles. The highest BCUT2D eigenvalue weighted by Gasteiger charge is 2.47. The molecule has 0 saturated carbocycles. The number of fused-ring (bicyclic) bond motifs is 3. The van der Waals surface area contributed by atoms with E-state index in [0.717, 1.165) is 23.8 Å². The van der Waals surface area contributed by atoms with Crippen molar-refractivity contribution in [1.82, 2.24) is 34.0 Å². The van der Waals surface area contributed by atoms with Crippen molar-refractivity contribution in [3.8, 4) is 5.75 Å². The minimum Gasteiger partial charge on any atom is -0.504 e. The molecule has 262 valence electrons. The Hall–Kier alpha value is -4.83. The third kappa shape index (κ3) is 5.69. The van der Waals surface area contributed by atoms with Crippen molar-refractivity contribution in [2.75, 3.05) is 31.6 Å². The molecule has 0 radical (unpaired) electrons. The van der Waals surface area contributed by atoms with Crippen molar-refractivity contribution >= 4 is 40.5 Å². The molecule has 2 aliphatic heterocycles. The maximum Gasteiger partial charge on any atom is 0.416 e. The second-order valence-corrected chi connectivity index (χ2v) is 13.2. The number of alkyl halides is 3. The predicted octanol–water partition coefficient (Wildman–Crippen LogP) is 4.49. The van der Waals surface area contributed by atoms with Gasteiger partial charge in [0.1, 0.15) is 12.4 Å².